The van der Waals surface area contributed by atoms with Gasteiger partial charge in [0.2, 0.25) is 0 Å². The highest BCUT2D eigenvalue weighted by Gasteiger charge is 2.22. The number of benzene rings is 20. The molecule has 0 saturated heterocycles. The maximum atomic E-state index is 2.42. The highest BCUT2D eigenvalue weighted by atomic mass is 15.0. The van der Waals surface area contributed by atoms with Crippen LogP contribution in [0, 0.1) is 0 Å². The molecule has 580 valence electrons. The number of aromatic nitrogens is 4. The van der Waals surface area contributed by atoms with Crippen molar-refractivity contribution in [3.05, 3.63) is 485 Å². The summed E-state index contributed by atoms with van der Waals surface area (Å²) in [6.07, 6.45) is 0. The van der Waals surface area contributed by atoms with Crippen LogP contribution in [0.25, 0.3) is 221 Å². The van der Waals surface area contributed by atoms with Gasteiger partial charge in [0.15, 0.2) is 0 Å². The fourth-order valence-electron chi connectivity index (χ4n) is 19.0. The number of hydrogen-bond donors (Lipinski definition) is 0. The fourth-order valence-corrected chi connectivity index (χ4v) is 19.0. The van der Waals surface area contributed by atoms with Gasteiger partial charge >= 0.3 is 0 Å². The van der Waals surface area contributed by atoms with Crippen LogP contribution < -0.4 is 0 Å². The first-order valence-electron chi connectivity index (χ1n) is 42.7. The maximum absolute atomic E-state index is 2.42. The first-order chi connectivity index (χ1) is 61.5. The molecule has 4 heteroatoms. The normalized spacial score (nSPS) is 11.5. The van der Waals surface area contributed by atoms with Crippen molar-refractivity contribution in [2.24, 2.45) is 0 Å². The Labute approximate surface area is 719 Å². The van der Waals surface area contributed by atoms with Gasteiger partial charge in [0.1, 0.15) is 0 Å². The second kappa shape index (κ2) is 31.1. The van der Waals surface area contributed by atoms with E-state index in [2.05, 4.69) is 504 Å². The summed E-state index contributed by atoms with van der Waals surface area (Å²) in [7, 11) is 0. The van der Waals surface area contributed by atoms with Crippen molar-refractivity contribution in [1.29, 1.82) is 0 Å². The second-order valence-electron chi connectivity index (χ2n) is 32.3. The molecule has 0 aliphatic heterocycles. The lowest BCUT2D eigenvalue weighted by Crippen LogP contribution is -1.94. The first kappa shape index (κ1) is 72.8. The molecule has 0 unspecified atom stereocenters. The first-order valence-corrected chi connectivity index (χ1v) is 42.7. The Balaban J connectivity index is 0.000000143. The van der Waals surface area contributed by atoms with Crippen molar-refractivity contribution in [3.8, 4) is 134 Å². The minimum atomic E-state index is 1.15. The minimum Gasteiger partial charge on any atom is -0.309 e. The lowest BCUT2D eigenvalue weighted by Gasteiger charge is -2.12. The van der Waals surface area contributed by atoms with Gasteiger partial charge in [0.05, 0.1) is 44.1 Å². The SMILES string of the molecule is c1ccc(-c2ccc(-c3cccc(-n4c5ccccc5c5cc(-c6ccc7c(c6)c6ccccc6n7-c6cccc(-c7cccc(-c8ccccc8)c7)c6)ccc54)c3)cc2)cc1.c1ccc(-c2cccc(-c3cccc(-n4c5ccccc5c5cc(-c6ccc7c(c6)c6ccccc6n7-c6cccc(-c7cccc(-c8ccccc8)c7)c6)ccc54)c3)c2)cc1. The van der Waals surface area contributed by atoms with Crippen LogP contribution in [-0.4, -0.2) is 18.3 Å². The number of hydrogen-bond acceptors (Lipinski definition) is 0. The van der Waals surface area contributed by atoms with Gasteiger partial charge in [-0.1, -0.05) is 346 Å². The molecule has 0 aliphatic rings. The highest BCUT2D eigenvalue weighted by molar-refractivity contribution is 6.15. The van der Waals surface area contributed by atoms with Crippen molar-refractivity contribution in [2.75, 3.05) is 0 Å². The lowest BCUT2D eigenvalue weighted by atomic mass is 9.99. The zero-order valence-electron chi connectivity index (χ0n) is 68.0. The summed E-state index contributed by atoms with van der Waals surface area (Å²) in [4.78, 5) is 0. The molecule has 0 N–H and O–H groups in total. The van der Waals surface area contributed by atoms with Crippen molar-refractivity contribution >= 4 is 87.2 Å². The summed E-state index contributed by atoms with van der Waals surface area (Å²) < 4.78 is 9.67. The van der Waals surface area contributed by atoms with E-state index in [9.17, 15) is 0 Å². The van der Waals surface area contributed by atoms with Gasteiger partial charge in [-0.05, 0) is 251 Å². The van der Waals surface area contributed by atoms with Crippen LogP contribution >= 0.6 is 0 Å². The summed E-state index contributed by atoms with van der Waals surface area (Å²) in [5.41, 5.74) is 38.3. The number of para-hydroxylation sites is 4. The van der Waals surface area contributed by atoms with E-state index < -0.39 is 0 Å². The molecule has 0 spiro atoms. The molecule has 20 aromatic carbocycles. The molecule has 0 amide bonds. The Morgan fingerprint density at radius 2 is 0.242 bits per heavy atom. The monoisotopic (exact) mass is 1580 g/mol. The van der Waals surface area contributed by atoms with E-state index in [-0.39, 0.29) is 0 Å². The van der Waals surface area contributed by atoms with Crippen LogP contribution in [0.15, 0.2) is 485 Å². The zero-order chi connectivity index (χ0) is 82.0. The van der Waals surface area contributed by atoms with Crippen molar-refractivity contribution in [1.82, 2.24) is 18.3 Å². The average Bonchev–Trinajstić information content (AvgIpc) is 1.59. The topological polar surface area (TPSA) is 19.7 Å². The summed E-state index contributed by atoms with van der Waals surface area (Å²) in [6.45, 7) is 0. The van der Waals surface area contributed by atoms with E-state index >= 15 is 0 Å². The average molecular weight is 1580 g/mol. The molecule has 4 aromatic heterocycles. The van der Waals surface area contributed by atoms with Crippen LogP contribution in [0.2, 0.25) is 0 Å². The quantitative estimate of drug-likeness (QED) is 0.103. The van der Waals surface area contributed by atoms with Gasteiger partial charge < -0.3 is 18.3 Å². The third kappa shape index (κ3) is 13.2. The van der Waals surface area contributed by atoms with Crippen LogP contribution in [0.4, 0.5) is 0 Å². The minimum absolute atomic E-state index is 1.15. The van der Waals surface area contributed by atoms with E-state index in [1.807, 2.05) is 0 Å². The van der Waals surface area contributed by atoms with Crippen LogP contribution in [0.1, 0.15) is 0 Å². The van der Waals surface area contributed by atoms with Gasteiger partial charge in [0, 0.05) is 65.8 Å². The number of rotatable bonds is 14. The molecule has 4 heterocycles. The highest BCUT2D eigenvalue weighted by Crippen LogP contribution is 2.44. The van der Waals surface area contributed by atoms with Crippen LogP contribution in [-0.2, 0) is 0 Å². The molecule has 0 saturated carbocycles. The summed E-state index contributed by atoms with van der Waals surface area (Å²) >= 11 is 0. The summed E-state index contributed by atoms with van der Waals surface area (Å²) in [5, 5.41) is 9.94. The van der Waals surface area contributed by atoms with Gasteiger partial charge in [-0.2, -0.15) is 0 Å². The number of nitrogens with zero attached hydrogens (tertiary/aromatic N) is 4. The molecular formula is C120H80N4. The van der Waals surface area contributed by atoms with Gasteiger partial charge in [-0.25, -0.2) is 0 Å². The maximum Gasteiger partial charge on any atom is 0.0541 e. The number of fused-ring (bicyclic) bond motifs is 12. The molecule has 0 atom stereocenters. The van der Waals surface area contributed by atoms with Crippen molar-refractivity contribution < 1.29 is 0 Å². The smallest absolute Gasteiger partial charge is 0.0541 e. The molecule has 24 rings (SSSR count). The second-order valence-corrected chi connectivity index (χ2v) is 32.3. The van der Waals surface area contributed by atoms with E-state index in [0.717, 1.165) is 22.7 Å². The zero-order valence-corrected chi connectivity index (χ0v) is 68.0. The van der Waals surface area contributed by atoms with Gasteiger partial charge in [0.25, 0.3) is 0 Å². The molecule has 0 bridgehead atoms. The van der Waals surface area contributed by atoms with E-state index in [4.69, 9.17) is 0 Å². The molecule has 24 aromatic rings. The van der Waals surface area contributed by atoms with Crippen LogP contribution in [0.3, 0.4) is 0 Å². The molecular weight excluding hydrogens is 1500 g/mol. The Hall–Kier alpha value is -16.4. The van der Waals surface area contributed by atoms with E-state index in [1.54, 1.807) is 0 Å². The standard InChI is InChI=1S/2C60H40N2/c1-3-15-41(16-4-1)43-19-11-21-45(35-43)47-23-13-25-51(37-47)61-57-29-9-7-27-53(57)55-39-49(31-33-59(55)61)50-32-34-60-56(40-50)54-28-8-10-30-58(54)62(60)52-26-14-24-48(38-52)46-22-12-20-44(36-46)42-17-5-2-6-18-42;1-3-14-41(15-4-1)43-28-30-44(31-29-43)47-20-12-22-51(37-47)61-57-26-9-7-24-53(57)55-39-49(32-34-59(55)61)50-33-35-60-56(40-50)54-25-8-10-27-58(54)62(60)52-23-13-21-48(38-52)46-19-11-18-45(36-46)42-16-5-2-6-17-42/h2*1-40H. The Morgan fingerprint density at radius 3 is 0.500 bits per heavy atom. The molecule has 0 radical (unpaired) electrons. The predicted octanol–water partition coefficient (Wildman–Crippen LogP) is 32.4. The van der Waals surface area contributed by atoms with Crippen molar-refractivity contribution in [3.63, 3.8) is 0 Å². The molecule has 0 fully saturated rings. The molecule has 124 heavy (non-hydrogen) atoms. The van der Waals surface area contributed by atoms with Crippen molar-refractivity contribution in [2.45, 2.75) is 0 Å². The Bertz CT molecular complexity index is 7960. The summed E-state index contributed by atoms with van der Waals surface area (Å²) in [5.74, 6) is 0. The van der Waals surface area contributed by atoms with Gasteiger partial charge in [-0.3, -0.25) is 0 Å². The predicted molar refractivity (Wildman–Crippen MR) is 525 cm³/mol. The molecule has 4 nitrogen and oxygen atoms in total. The Kier molecular flexibility index (Phi) is 18.2. The third-order valence-corrected chi connectivity index (χ3v) is 25.0. The van der Waals surface area contributed by atoms with Crippen LogP contribution in [0.5, 0.6) is 0 Å². The lowest BCUT2D eigenvalue weighted by molar-refractivity contribution is 1.18. The van der Waals surface area contributed by atoms with E-state index in [1.165, 1.54) is 198 Å². The van der Waals surface area contributed by atoms with Gasteiger partial charge in [-0.15, -0.1) is 0 Å². The Morgan fingerprint density at radius 1 is 0.0887 bits per heavy atom. The summed E-state index contributed by atoms with van der Waals surface area (Å²) in [6, 6.07) is 177. The largest absolute Gasteiger partial charge is 0.309 e. The van der Waals surface area contributed by atoms with E-state index in [0.29, 0.717) is 0 Å². The molecule has 0 aliphatic carbocycles. The third-order valence-electron chi connectivity index (χ3n) is 25.0. The fraction of sp³-hybridized carbons (Fsp3) is 0.